The van der Waals surface area contributed by atoms with Crippen LogP contribution in [0.25, 0.3) is 10.9 Å². The molecule has 0 unspecified atom stereocenters. The summed E-state index contributed by atoms with van der Waals surface area (Å²) in [6.07, 6.45) is 2.19. The van der Waals surface area contributed by atoms with E-state index >= 15 is 0 Å². The van der Waals surface area contributed by atoms with Crippen LogP contribution in [0.1, 0.15) is 25.5 Å². The van der Waals surface area contributed by atoms with E-state index in [4.69, 9.17) is 4.74 Å². The summed E-state index contributed by atoms with van der Waals surface area (Å²) in [6, 6.07) is 8.28. The molecule has 3 rings (SSSR count). The summed E-state index contributed by atoms with van der Waals surface area (Å²) in [5.74, 6) is 0. The molecule has 0 amide bonds. The molecule has 1 aliphatic heterocycles. The number of aromatic amines is 1. The first-order chi connectivity index (χ1) is 9.20. The van der Waals surface area contributed by atoms with Gasteiger partial charge in [-0.25, -0.2) is 0 Å². The van der Waals surface area contributed by atoms with Crippen LogP contribution >= 0.6 is 0 Å². The predicted octanol–water partition coefficient (Wildman–Crippen LogP) is 2.56. The number of H-pyrrole nitrogens is 1. The fraction of sp³-hybridized carbons (Fsp3) is 0.533. The van der Waals surface area contributed by atoms with Crippen molar-refractivity contribution in [3.63, 3.8) is 0 Å². The van der Waals surface area contributed by atoms with Crippen LogP contribution in [0.15, 0.2) is 24.3 Å². The fourth-order valence-electron chi connectivity index (χ4n) is 2.75. The molecule has 2 aromatic rings. The van der Waals surface area contributed by atoms with E-state index in [-0.39, 0.29) is 5.60 Å². The lowest BCUT2D eigenvalue weighted by atomic mass is 9.93. The molecule has 102 valence electrons. The summed E-state index contributed by atoms with van der Waals surface area (Å²) in [7, 11) is 1.82. The maximum Gasteiger partial charge on any atom is 0.0924 e. The standard InChI is InChI=1S/C15H21N3O/c1-15(19-2)7-9-18(10-8-15)11-14-12-5-3-4-6-13(12)16-17-14/h3-6H,7-11H2,1-2H3,(H,16,17). The largest absolute Gasteiger partial charge is 0.378 e. The Kier molecular flexibility index (Phi) is 3.29. The molecule has 4 heteroatoms. The number of ether oxygens (including phenoxy) is 1. The first-order valence-corrected chi connectivity index (χ1v) is 6.90. The lowest BCUT2D eigenvalue weighted by molar-refractivity contribution is -0.0441. The van der Waals surface area contributed by atoms with Crippen LogP contribution in [-0.2, 0) is 11.3 Å². The Balaban J connectivity index is 1.70. The van der Waals surface area contributed by atoms with Crippen LogP contribution in [0.4, 0.5) is 0 Å². The summed E-state index contributed by atoms with van der Waals surface area (Å²) < 4.78 is 5.59. The highest BCUT2D eigenvalue weighted by atomic mass is 16.5. The fourth-order valence-corrected chi connectivity index (χ4v) is 2.75. The number of likely N-dealkylation sites (tertiary alicyclic amines) is 1. The quantitative estimate of drug-likeness (QED) is 0.921. The van der Waals surface area contributed by atoms with Crippen molar-refractivity contribution in [3.8, 4) is 0 Å². The van der Waals surface area contributed by atoms with Gasteiger partial charge in [0.2, 0.25) is 0 Å². The van der Waals surface area contributed by atoms with E-state index in [0.29, 0.717) is 0 Å². The minimum Gasteiger partial charge on any atom is -0.378 e. The average Bonchev–Trinajstić information content (AvgIpc) is 2.85. The van der Waals surface area contributed by atoms with Crippen LogP contribution in [-0.4, -0.2) is 40.9 Å². The Labute approximate surface area is 113 Å². The molecule has 0 atom stereocenters. The van der Waals surface area contributed by atoms with Crippen LogP contribution in [0.2, 0.25) is 0 Å². The number of aromatic nitrogens is 2. The van der Waals surface area contributed by atoms with E-state index < -0.39 is 0 Å². The summed E-state index contributed by atoms with van der Waals surface area (Å²) in [5, 5.41) is 8.76. The van der Waals surface area contributed by atoms with Crippen LogP contribution in [0.5, 0.6) is 0 Å². The minimum absolute atomic E-state index is 0.0621. The minimum atomic E-state index is 0.0621. The third kappa shape index (κ3) is 2.51. The Morgan fingerprint density at radius 2 is 2.05 bits per heavy atom. The van der Waals surface area contributed by atoms with Gasteiger partial charge in [0, 0.05) is 32.1 Å². The van der Waals surface area contributed by atoms with Crippen molar-refractivity contribution in [1.82, 2.24) is 15.1 Å². The number of fused-ring (bicyclic) bond motifs is 1. The molecular weight excluding hydrogens is 238 g/mol. The van der Waals surface area contributed by atoms with Crippen molar-refractivity contribution in [2.24, 2.45) is 0 Å². The molecule has 0 spiro atoms. The summed E-state index contributed by atoms with van der Waals surface area (Å²) in [6.45, 7) is 5.31. The smallest absolute Gasteiger partial charge is 0.0924 e. The molecule has 0 saturated carbocycles. The Morgan fingerprint density at radius 1 is 1.32 bits per heavy atom. The molecule has 1 aliphatic rings. The molecule has 1 aromatic carbocycles. The lowest BCUT2D eigenvalue weighted by Gasteiger charge is -2.38. The molecule has 0 bridgehead atoms. The van der Waals surface area contributed by atoms with Crippen molar-refractivity contribution < 1.29 is 4.74 Å². The molecular formula is C15H21N3O. The van der Waals surface area contributed by atoms with E-state index in [0.717, 1.165) is 38.0 Å². The average molecular weight is 259 g/mol. The van der Waals surface area contributed by atoms with E-state index in [1.807, 2.05) is 19.2 Å². The Hall–Kier alpha value is -1.39. The number of hydrogen-bond donors (Lipinski definition) is 1. The molecule has 1 N–H and O–H groups in total. The number of rotatable bonds is 3. The van der Waals surface area contributed by atoms with Crippen LogP contribution in [0, 0.1) is 0 Å². The highest BCUT2D eigenvalue weighted by Gasteiger charge is 2.29. The summed E-state index contributed by atoms with van der Waals surface area (Å²) in [4.78, 5) is 2.47. The number of piperidine rings is 1. The van der Waals surface area contributed by atoms with Gasteiger partial charge in [-0.3, -0.25) is 10.00 Å². The number of para-hydroxylation sites is 1. The second-order valence-corrected chi connectivity index (χ2v) is 5.65. The van der Waals surface area contributed by atoms with E-state index in [2.05, 4.69) is 34.2 Å². The van der Waals surface area contributed by atoms with Gasteiger partial charge in [0.1, 0.15) is 0 Å². The first-order valence-electron chi connectivity index (χ1n) is 6.90. The SMILES string of the molecule is COC1(C)CCN(Cc2[nH]nc3ccccc23)CC1. The van der Waals surface area contributed by atoms with Crippen molar-refractivity contribution in [3.05, 3.63) is 30.0 Å². The molecule has 0 aliphatic carbocycles. The van der Waals surface area contributed by atoms with Gasteiger partial charge in [0.15, 0.2) is 0 Å². The van der Waals surface area contributed by atoms with Crippen LogP contribution < -0.4 is 0 Å². The molecule has 1 saturated heterocycles. The van der Waals surface area contributed by atoms with Crippen molar-refractivity contribution in [2.75, 3.05) is 20.2 Å². The third-order valence-corrected chi connectivity index (χ3v) is 4.33. The van der Waals surface area contributed by atoms with Crippen molar-refractivity contribution in [1.29, 1.82) is 0 Å². The first kappa shape index (κ1) is 12.6. The zero-order valence-corrected chi connectivity index (χ0v) is 11.6. The monoisotopic (exact) mass is 259 g/mol. The lowest BCUT2D eigenvalue weighted by Crippen LogP contribution is -2.43. The van der Waals surface area contributed by atoms with Gasteiger partial charge in [0.05, 0.1) is 16.8 Å². The highest BCUT2D eigenvalue weighted by molar-refractivity contribution is 5.81. The molecule has 4 nitrogen and oxygen atoms in total. The topological polar surface area (TPSA) is 41.1 Å². The number of benzene rings is 1. The number of nitrogens with zero attached hydrogens (tertiary/aromatic N) is 2. The second-order valence-electron chi connectivity index (χ2n) is 5.65. The van der Waals surface area contributed by atoms with Crippen molar-refractivity contribution >= 4 is 10.9 Å². The maximum atomic E-state index is 5.59. The van der Waals surface area contributed by atoms with Gasteiger partial charge in [-0.15, -0.1) is 0 Å². The molecule has 1 aromatic heterocycles. The number of methoxy groups -OCH3 is 1. The van der Waals surface area contributed by atoms with Gasteiger partial charge < -0.3 is 4.74 Å². The van der Waals surface area contributed by atoms with Gasteiger partial charge in [-0.2, -0.15) is 5.10 Å². The summed E-state index contributed by atoms with van der Waals surface area (Å²) in [5.41, 5.74) is 2.33. The number of nitrogens with one attached hydrogen (secondary N) is 1. The molecule has 1 fully saturated rings. The van der Waals surface area contributed by atoms with Gasteiger partial charge in [-0.05, 0) is 25.8 Å². The molecule has 2 heterocycles. The summed E-state index contributed by atoms with van der Waals surface area (Å²) >= 11 is 0. The predicted molar refractivity (Wildman–Crippen MR) is 76.0 cm³/mol. The van der Waals surface area contributed by atoms with Crippen molar-refractivity contribution in [2.45, 2.75) is 31.9 Å². The Morgan fingerprint density at radius 3 is 2.79 bits per heavy atom. The normalized spacial score (nSPS) is 19.9. The second kappa shape index (κ2) is 4.94. The van der Waals surface area contributed by atoms with Gasteiger partial charge in [0.25, 0.3) is 0 Å². The number of hydrogen-bond acceptors (Lipinski definition) is 3. The Bertz CT molecular complexity index is 555. The maximum absolute atomic E-state index is 5.59. The van der Waals surface area contributed by atoms with Gasteiger partial charge >= 0.3 is 0 Å². The third-order valence-electron chi connectivity index (χ3n) is 4.33. The van der Waals surface area contributed by atoms with E-state index in [9.17, 15) is 0 Å². The highest BCUT2D eigenvalue weighted by Crippen LogP contribution is 2.26. The molecule has 0 radical (unpaired) electrons. The molecule has 19 heavy (non-hydrogen) atoms. The zero-order chi connectivity index (χ0) is 13.3. The van der Waals surface area contributed by atoms with Gasteiger partial charge in [-0.1, -0.05) is 18.2 Å². The zero-order valence-electron chi connectivity index (χ0n) is 11.6. The van der Waals surface area contributed by atoms with Crippen LogP contribution in [0.3, 0.4) is 0 Å². The van der Waals surface area contributed by atoms with E-state index in [1.165, 1.54) is 11.1 Å². The van der Waals surface area contributed by atoms with E-state index in [1.54, 1.807) is 0 Å².